The minimum atomic E-state index is -3.84. The highest BCUT2D eigenvalue weighted by atomic mass is 32.2. The van der Waals surface area contributed by atoms with Crippen molar-refractivity contribution < 1.29 is 17.9 Å². The Bertz CT molecular complexity index is 1430. The van der Waals surface area contributed by atoms with E-state index in [4.69, 9.17) is 14.7 Å². The minimum absolute atomic E-state index is 0.0669. The highest BCUT2D eigenvalue weighted by Gasteiger charge is 2.42. The lowest BCUT2D eigenvalue weighted by Crippen LogP contribution is -2.44. The third-order valence-electron chi connectivity index (χ3n) is 6.80. The van der Waals surface area contributed by atoms with Gasteiger partial charge in [-0.05, 0) is 64.8 Å². The lowest BCUT2D eigenvalue weighted by molar-refractivity contribution is 0.0985. The number of amides is 2. The molecule has 2 aliphatic rings. The van der Waals surface area contributed by atoms with E-state index >= 15 is 0 Å². The van der Waals surface area contributed by atoms with Gasteiger partial charge in [0, 0.05) is 41.0 Å². The molecule has 0 spiro atoms. The lowest BCUT2D eigenvalue weighted by atomic mass is 10.1. The van der Waals surface area contributed by atoms with E-state index in [0.29, 0.717) is 54.0 Å². The van der Waals surface area contributed by atoms with Crippen LogP contribution in [0.25, 0.3) is 11.4 Å². The number of ether oxygens (including phenoxy) is 1. The highest BCUT2D eigenvalue weighted by Crippen LogP contribution is 2.37. The zero-order valence-electron chi connectivity index (χ0n) is 21.9. The van der Waals surface area contributed by atoms with Crippen LogP contribution >= 0.6 is 11.3 Å². The van der Waals surface area contributed by atoms with E-state index in [0.717, 1.165) is 24.2 Å². The lowest BCUT2D eigenvalue weighted by Gasteiger charge is -2.35. The van der Waals surface area contributed by atoms with Gasteiger partial charge >= 0.3 is 6.03 Å². The SMILES string of the molecule is Cc1csc(S(=O)(=O)C(C)(C)c2cc(N3CCOC[C@@H]3C)nc(-c3ccc(NC(=O)NC4CC4)cc3)n2)n1. The number of carbonyl (C=O) groups is 1. The number of morpholine rings is 1. The number of benzene rings is 1. The van der Waals surface area contributed by atoms with E-state index < -0.39 is 14.6 Å². The second kappa shape index (κ2) is 10.2. The first-order valence-corrected chi connectivity index (χ1v) is 15.0. The van der Waals surface area contributed by atoms with Crippen LogP contribution in [0.15, 0.2) is 40.1 Å². The average molecular weight is 557 g/mol. The third kappa shape index (κ3) is 5.38. The van der Waals surface area contributed by atoms with Gasteiger partial charge in [0.05, 0.1) is 24.9 Å². The topological polar surface area (TPSA) is 126 Å². The normalized spacial score (nSPS) is 18.3. The van der Waals surface area contributed by atoms with Gasteiger partial charge in [-0.2, -0.15) is 0 Å². The molecule has 12 heteroatoms. The quantitative estimate of drug-likeness (QED) is 0.445. The summed E-state index contributed by atoms with van der Waals surface area (Å²) in [4.78, 5) is 28.1. The number of urea groups is 1. The van der Waals surface area contributed by atoms with Gasteiger partial charge in [0.1, 0.15) is 10.6 Å². The molecule has 10 nitrogen and oxygen atoms in total. The fraction of sp³-hybridized carbons (Fsp3) is 0.462. The molecular formula is C26H32N6O4S2. The number of anilines is 2. The van der Waals surface area contributed by atoms with Crippen LogP contribution in [0.3, 0.4) is 0 Å². The standard InChI is InChI=1S/C26H32N6O4S2/c1-16-15-37-25(27-16)38(34,35)26(3,4)21-13-22(32-11-12-36-14-17(32)2)31-23(30-21)18-5-7-19(8-6-18)28-24(33)29-20-9-10-20/h5-8,13,15,17,20H,9-12,14H2,1-4H3,(H2,28,29,33)/t17-/m0/s1. The van der Waals surface area contributed by atoms with E-state index in [1.807, 2.05) is 19.1 Å². The van der Waals surface area contributed by atoms with Crippen molar-refractivity contribution in [1.29, 1.82) is 0 Å². The van der Waals surface area contributed by atoms with Gasteiger partial charge in [-0.15, -0.1) is 11.3 Å². The van der Waals surface area contributed by atoms with Crippen molar-refractivity contribution in [1.82, 2.24) is 20.3 Å². The number of sulfone groups is 1. The van der Waals surface area contributed by atoms with Crippen LogP contribution in [0.1, 0.15) is 45.0 Å². The van der Waals surface area contributed by atoms with E-state index in [9.17, 15) is 13.2 Å². The van der Waals surface area contributed by atoms with Crippen LogP contribution in [0, 0.1) is 6.92 Å². The van der Waals surface area contributed by atoms with Gasteiger partial charge in [0.2, 0.25) is 14.2 Å². The van der Waals surface area contributed by atoms with Crippen molar-refractivity contribution in [2.24, 2.45) is 0 Å². The Morgan fingerprint density at radius 2 is 1.89 bits per heavy atom. The molecule has 1 saturated carbocycles. The summed E-state index contributed by atoms with van der Waals surface area (Å²) in [7, 11) is -3.84. The Hall–Kier alpha value is -3.09. The molecule has 1 atom stereocenters. The van der Waals surface area contributed by atoms with Crippen molar-refractivity contribution in [3.8, 4) is 11.4 Å². The molecule has 38 heavy (non-hydrogen) atoms. The number of carbonyl (C=O) groups excluding carboxylic acids is 1. The molecule has 3 aromatic rings. The van der Waals surface area contributed by atoms with E-state index in [1.54, 1.807) is 44.4 Å². The average Bonchev–Trinajstić information content (AvgIpc) is 3.59. The number of nitrogens with one attached hydrogen (secondary N) is 2. The molecule has 2 fully saturated rings. The summed E-state index contributed by atoms with van der Waals surface area (Å²) in [6.45, 7) is 8.88. The first-order valence-electron chi connectivity index (χ1n) is 12.6. The summed E-state index contributed by atoms with van der Waals surface area (Å²) in [6.07, 6.45) is 2.02. The molecule has 1 aromatic carbocycles. The predicted molar refractivity (Wildman–Crippen MR) is 147 cm³/mol. The second-order valence-electron chi connectivity index (χ2n) is 10.3. The molecule has 2 N–H and O–H groups in total. The largest absolute Gasteiger partial charge is 0.377 e. The zero-order chi connectivity index (χ0) is 27.1. The molecular weight excluding hydrogens is 524 g/mol. The van der Waals surface area contributed by atoms with Crippen LogP contribution in [0.4, 0.5) is 16.3 Å². The maximum Gasteiger partial charge on any atom is 0.319 e. The first kappa shape index (κ1) is 26.5. The highest BCUT2D eigenvalue weighted by molar-refractivity contribution is 7.94. The van der Waals surface area contributed by atoms with Gasteiger partial charge < -0.3 is 20.3 Å². The number of rotatable bonds is 7. The first-order chi connectivity index (χ1) is 18.0. The monoisotopic (exact) mass is 556 g/mol. The van der Waals surface area contributed by atoms with Crippen LogP contribution < -0.4 is 15.5 Å². The number of aromatic nitrogens is 3. The van der Waals surface area contributed by atoms with Crippen molar-refractivity contribution in [3.05, 3.63) is 47.1 Å². The van der Waals surface area contributed by atoms with Crippen LogP contribution in [0.5, 0.6) is 0 Å². The van der Waals surface area contributed by atoms with Crippen molar-refractivity contribution in [3.63, 3.8) is 0 Å². The van der Waals surface area contributed by atoms with Crippen molar-refractivity contribution in [2.75, 3.05) is 30.0 Å². The number of thiazole rings is 1. The fourth-order valence-corrected chi connectivity index (χ4v) is 7.06. The zero-order valence-corrected chi connectivity index (χ0v) is 23.5. The van der Waals surface area contributed by atoms with E-state index in [1.165, 1.54) is 0 Å². The summed E-state index contributed by atoms with van der Waals surface area (Å²) in [5.41, 5.74) is 2.40. The Morgan fingerprint density at radius 3 is 2.53 bits per heavy atom. The van der Waals surface area contributed by atoms with Crippen molar-refractivity contribution >= 4 is 38.7 Å². The molecule has 0 bridgehead atoms. The smallest absolute Gasteiger partial charge is 0.319 e. The minimum Gasteiger partial charge on any atom is -0.377 e. The molecule has 1 aliphatic carbocycles. The Kier molecular flexibility index (Phi) is 7.14. The van der Waals surface area contributed by atoms with Crippen LogP contribution in [-0.2, 0) is 19.3 Å². The van der Waals surface area contributed by atoms with Gasteiger partial charge in [0.25, 0.3) is 0 Å². The van der Waals surface area contributed by atoms with E-state index in [-0.39, 0.29) is 22.5 Å². The van der Waals surface area contributed by atoms with Crippen LogP contribution in [0.2, 0.25) is 0 Å². The van der Waals surface area contributed by atoms with Gasteiger partial charge in [-0.25, -0.2) is 28.2 Å². The summed E-state index contributed by atoms with van der Waals surface area (Å²) in [5.74, 6) is 1.05. The molecule has 0 radical (unpaired) electrons. The number of nitrogens with zero attached hydrogens (tertiary/aromatic N) is 4. The third-order valence-corrected chi connectivity index (χ3v) is 10.6. The molecule has 1 aliphatic heterocycles. The Morgan fingerprint density at radius 1 is 1.16 bits per heavy atom. The fourth-order valence-electron chi connectivity index (χ4n) is 4.18. The second-order valence-corrected chi connectivity index (χ2v) is 13.8. The molecule has 1 saturated heterocycles. The number of aryl methyl sites for hydroxylation is 1. The van der Waals surface area contributed by atoms with E-state index in [2.05, 4.69) is 20.5 Å². The van der Waals surface area contributed by atoms with Gasteiger partial charge in [0.15, 0.2) is 5.82 Å². The molecule has 0 unspecified atom stereocenters. The van der Waals surface area contributed by atoms with Crippen molar-refractivity contribution in [2.45, 2.75) is 61.7 Å². The maximum atomic E-state index is 13.7. The summed E-state index contributed by atoms with van der Waals surface area (Å²) < 4.78 is 31.7. The summed E-state index contributed by atoms with van der Waals surface area (Å²) in [6, 6.07) is 9.09. The molecule has 2 aromatic heterocycles. The molecule has 5 rings (SSSR count). The predicted octanol–water partition coefficient (Wildman–Crippen LogP) is 4.13. The maximum absolute atomic E-state index is 13.7. The van der Waals surface area contributed by atoms with Gasteiger partial charge in [-0.3, -0.25) is 0 Å². The molecule has 2 amide bonds. The molecule has 3 heterocycles. The van der Waals surface area contributed by atoms with Crippen LogP contribution in [-0.4, -0.2) is 61.2 Å². The number of hydrogen-bond donors (Lipinski definition) is 2. The Balaban J connectivity index is 1.52. The number of hydrogen-bond acceptors (Lipinski definition) is 9. The summed E-state index contributed by atoms with van der Waals surface area (Å²) >= 11 is 1.12. The molecule has 202 valence electrons. The summed E-state index contributed by atoms with van der Waals surface area (Å²) in [5, 5.41) is 7.47. The van der Waals surface area contributed by atoms with Gasteiger partial charge in [-0.1, -0.05) is 0 Å². The Labute approximate surface area is 226 Å².